The molecule has 1 aromatic heterocycles. The molecule has 1 rings (SSSR count). The lowest BCUT2D eigenvalue weighted by molar-refractivity contribution is 0.0690. The summed E-state index contributed by atoms with van der Waals surface area (Å²) in [6, 6.07) is 1.38. The molecule has 0 bridgehead atoms. The monoisotopic (exact) mass is 184 g/mol. The van der Waals surface area contributed by atoms with Crippen LogP contribution in [0, 0.1) is 0 Å². The standard InChI is InChI=1S/C7H8N2O2S/c1-12-4-6-8-3-2-5(9-6)7(10)11/h2-3H,4H2,1H3,(H,10,11). The van der Waals surface area contributed by atoms with Crippen molar-refractivity contribution in [2.24, 2.45) is 0 Å². The maximum absolute atomic E-state index is 10.5. The lowest BCUT2D eigenvalue weighted by Crippen LogP contribution is -2.03. The SMILES string of the molecule is CSCc1nccc(C(=O)O)n1. The fourth-order valence-corrected chi connectivity index (χ4v) is 1.11. The number of hydrogen-bond acceptors (Lipinski definition) is 4. The number of aromatic nitrogens is 2. The molecule has 0 aromatic carbocycles. The Morgan fingerprint density at radius 1 is 1.75 bits per heavy atom. The first kappa shape index (κ1) is 8.99. The topological polar surface area (TPSA) is 63.1 Å². The third-order valence-electron chi connectivity index (χ3n) is 1.20. The van der Waals surface area contributed by atoms with Crippen LogP contribution >= 0.6 is 11.8 Å². The number of thioether (sulfide) groups is 1. The van der Waals surface area contributed by atoms with Crippen molar-refractivity contribution in [2.45, 2.75) is 5.75 Å². The van der Waals surface area contributed by atoms with Crippen molar-refractivity contribution in [3.63, 3.8) is 0 Å². The van der Waals surface area contributed by atoms with Crippen LogP contribution in [-0.4, -0.2) is 27.3 Å². The summed E-state index contributed by atoms with van der Waals surface area (Å²) in [6.45, 7) is 0. The highest BCUT2D eigenvalue weighted by Gasteiger charge is 2.04. The van der Waals surface area contributed by atoms with Gasteiger partial charge in [0.1, 0.15) is 5.82 Å². The summed E-state index contributed by atoms with van der Waals surface area (Å²) in [6.07, 6.45) is 3.37. The molecular weight excluding hydrogens is 176 g/mol. The maximum Gasteiger partial charge on any atom is 0.354 e. The molecule has 0 saturated carbocycles. The van der Waals surface area contributed by atoms with Crippen molar-refractivity contribution in [2.75, 3.05) is 6.26 Å². The first-order valence-corrected chi connectivity index (χ1v) is 4.67. The van der Waals surface area contributed by atoms with Gasteiger partial charge in [-0.25, -0.2) is 14.8 Å². The van der Waals surface area contributed by atoms with E-state index in [1.807, 2.05) is 6.26 Å². The second kappa shape index (κ2) is 4.06. The van der Waals surface area contributed by atoms with Crippen molar-refractivity contribution in [3.8, 4) is 0 Å². The molecule has 0 saturated heterocycles. The van der Waals surface area contributed by atoms with E-state index in [1.54, 1.807) is 11.8 Å². The number of rotatable bonds is 3. The summed E-state index contributed by atoms with van der Waals surface area (Å²) in [4.78, 5) is 18.2. The van der Waals surface area contributed by atoms with Gasteiger partial charge in [0, 0.05) is 6.20 Å². The predicted octanol–water partition coefficient (Wildman–Crippen LogP) is 1.04. The van der Waals surface area contributed by atoms with Crippen molar-refractivity contribution >= 4 is 17.7 Å². The van der Waals surface area contributed by atoms with Crippen molar-refractivity contribution in [1.82, 2.24) is 9.97 Å². The van der Waals surface area contributed by atoms with Crippen LogP contribution in [0.1, 0.15) is 16.3 Å². The van der Waals surface area contributed by atoms with Crippen LogP contribution < -0.4 is 0 Å². The number of nitrogens with zero attached hydrogens (tertiary/aromatic N) is 2. The third-order valence-corrected chi connectivity index (χ3v) is 1.74. The molecule has 5 heteroatoms. The Bertz CT molecular complexity index is 290. The van der Waals surface area contributed by atoms with Crippen LogP contribution in [0.5, 0.6) is 0 Å². The zero-order chi connectivity index (χ0) is 8.97. The highest BCUT2D eigenvalue weighted by molar-refractivity contribution is 7.97. The van der Waals surface area contributed by atoms with E-state index in [0.29, 0.717) is 11.6 Å². The van der Waals surface area contributed by atoms with Gasteiger partial charge in [0.15, 0.2) is 5.69 Å². The highest BCUT2D eigenvalue weighted by atomic mass is 32.2. The molecule has 0 aliphatic rings. The summed E-state index contributed by atoms with van der Waals surface area (Å²) in [5.74, 6) is 0.184. The van der Waals surface area contributed by atoms with E-state index in [1.165, 1.54) is 12.3 Å². The second-order valence-corrected chi connectivity index (χ2v) is 2.96. The first-order chi connectivity index (χ1) is 5.74. The van der Waals surface area contributed by atoms with Crippen LogP contribution in [0.2, 0.25) is 0 Å². The fourth-order valence-electron chi connectivity index (χ4n) is 0.717. The van der Waals surface area contributed by atoms with Crippen LogP contribution in [0.25, 0.3) is 0 Å². The molecule has 12 heavy (non-hydrogen) atoms. The molecule has 0 amide bonds. The number of carboxylic acids is 1. The zero-order valence-corrected chi connectivity index (χ0v) is 7.34. The molecule has 64 valence electrons. The Morgan fingerprint density at radius 3 is 3.08 bits per heavy atom. The van der Waals surface area contributed by atoms with Crippen molar-refractivity contribution < 1.29 is 9.90 Å². The van der Waals surface area contributed by atoms with Crippen molar-refractivity contribution in [1.29, 1.82) is 0 Å². The molecule has 0 unspecified atom stereocenters. The molecule has 0 fully saturated rings. The van der Waals surface area contributed by atoms with Gasteiger partial charge in [0.25, 0.3) is 0 Å². The van der Waals surface area contributed by atoms with Crippen LogP contribution in [0.4, 0.5) is 0 Å². The lowest BCUT2D eigenvalue weighted by atomic mass is 10.4. The van der Waals surface area contributed by atoms with E-state index in [4.69, 9.17) is 5.11 Å². The summed E-state index contributed by atoms with van der Waals surface area (Å²) in [5.41, 5.74) is 0.0500. The normalized spacial score (nSPS) is 9.75. The van der Waals surface area contributed by atoms with Crippen LogP contribution in [0.15, 0.2) is 12.3 Å². The van der Waals surface area contributed by atoms with Gasteiger partial charge in [-0.05, 0) is 12.3 Å². The van der Waals surface area contributed by atoms with Gasteiger partial charge in [-0.2, -0.15) is 11.8 Å². The Kier molecular flexibility index (Phi) is 3.04. The van der Waals surface area contributed by atoms with E-state index < -0.39 is 5.97 Å². The maximum atomic E-state index is 10.5. The van der Waals surface area contributed by atoms with Crippen molar-refractivity contribution in [3.05, 3.63) is 23.8 Å². The van der Waals surface area contributed by atoms with Gasteiger partial charge >= 0.3 is 5.97 Å². The fraction of sp³-hybridized carbons (Fsp3) is 0.286. The zero-order valence-electron chi connectivity index (χ0n) is 6.52. The minimum atomic E-state index is -1.01. The predicted molar refractivity (Wildman–Crippen MR) is 46.2 cm³/mol. The average Bonchev–Trinajstić information content (AvgIpc) is 2.05. The first-order valence-electron chi connectivity index (χ1n) is 3.28. The summed E-state index contributed by atoms with van der Waals surface area (Å²) < 4.78 is 0. The highest BCUT2D eigenvalue weighted by Crippen LogP contribution is 2.03. The summed E-state index contributed by atoms with van der Waals surface area (Å²) in [5, 5.41) is 8.58. The average molecular weight is 184 g/mol. The van der Waals surface area contributed by atoms with E-state index >= 15 is 0 Å². The minimum Gasteiger partial charge on any atom is -0.477 e. The molecule has 4 nitrogen and oxygen atoms in total. The molecule has 1 heterocycles. The molecule has 1 aromatic rings. The number of carbonyl (C=O) groups is 1. The van der Waals surface area contributed by atoms with E-state index in [2.05, 4.69) is 9.97 Å². The largest absolute Gasteiger partial charge is 0.477 e. The molecule has 0 aliphatic heterocycles. The van der Waals surface area contributed by atoms with Gasteiger partial charge < -0.3 is 5.11 Å². The Balaban J connectivity index is 2.88. The minimum absolute atomic E-state index is 0.0500. The van der Waals surface area contributed by atoms with E-state index in [0.717, 1.165) is 0 Å². The number of carboxylic acid groups (broad SMARTS) is 1. The molecule has 0 atom stereocenters. The van der Waals surface area contributed by atoms with Gasteiger partial charge in [-0.3, -0.25) is 0 Å². The van der Waals surface area contributed by atoms with Crippen LogP contribution in [0.3, 0.4) is 0 Å². The van der Waals surface area contributed by atoms with Gasteiger partial charge in [-0.1, -0.05) is 0 Å². The Hall–Kier alpha value is -1.10. The summed E-state index contributed by atoms with van der Waals surface area (Å²) in [7, 11) is 0. The van der Waals surface area contributed by atoms with Gasteiger partial charge in [-0.15, -0.1) is 0 Å². The lowest BCUT2D eigenvalue weighted by Gasteiger charge is -1.97. The quantitative estimate of drug-likeness (QED) is 0.760. The molecular formula is C7H8N2O2S. The number of aromatic carboxylic acids is 1. The Morgan fingerprint density at radius 2 is 2.50 bits per heavy atom. The molecule has 0 spiro atoms. The number of hydrogen-bond donors (Lipinski definition) is 1. The molecule has 0 aliphatic carbocycles. The van der Waals surface area contributed by atoms with Gasteiger partial charge in [0.05, 0.1) is 5.75 Å². The van der Waals surface area contributed by atoms with Gasteiger partial charge in [0.2, 0.25) is 0 Å². The molecule has 1 N–H and O–H groups in total. The van der Waals surface area contributed by atoms with Crippen LogP contribution in [-0.2, 0) is 5.75 Å². The van der Waals surface area contributed by atoms with E-state index in [-0.39, 0.29) is 5.69 Å². The third kappa shape index (κ3) is 2.20. The smallest absolute Gasteiger partial charge is 0.354 e. The summed E-state index contributed by atoms with van der Waals surface area (Å²) >= 11 is 1.56. The second-order valence-electron chi connectivity index (χ2n) is 2.10. The Labute approximate surface area is 74.0 Å². The molecule has 0 radical (unpaired) electrons. The van der Waals surface area contributed by atoms with E-state index in [9.17, 15) is 4.79 Å².